The van der Waals surface area contributed by atoms with Gasteiger partial charge in [0.1, 0.15) is 0 Å². The molecule has 0 aliphatic heterocycles. The summed E-state index contributed by atoms with van der Waals surface area (Å²) in [5.74, 6) is 1.66. The fourth-order valence-electron chi connectivity index (χ4n) is 3.31. The molecule has 0 nitrogen and oxygen atoms in total. The highest BCUT2D eigenvalue weighted by Crippen LogP contribution is 2.22. The van der Waals surface area contributed by atoms with E-state index in [9.17, 15) is 0 Å². The van der Waals surface area contributed by atoms with E-state index >= 15 is 0 Å². The Balaban J connectivity index is 3.86. The second kappa shape index (κ2) is 17.3. The van der Waals surface area contributed by atoms with Crippen molar-refractivity contribution in [3.63, 3.8) is 0 Å². The summed E-state index contributed by atoms with van der Waals surface area (Å²) in [6.07, 6.45) is 25.1. The summed E-state index contributed by atoms with van der Waals surface area (Å²) < 4.78 is 0. The molecule has 0 saturated carbocycles. The Morgan fingerprint density at radius 3 is 2.04 bits per heavy atom. The molecular formula is C24H46. The predicted octanol–water partition coefficient (Wildman–Crippen LogP) is 8.87. The van der Waals surface area contributed by atoms with Crippen molar-refractivity contribution in [3.8, 4) is 0 Å². The molecule has 0 aliphatic rings. The van der Waals surface area contributed by atoms with Crippen LogP contribution < -0.4 is 0 Å². The SMILES string of the molecule is CC=CC(=CCCCCCC)C(C)CCCCCCCC(C)CC. The number of hydrogen-bond acceptors (Lipinski definition) is 0. The molecule has 0 heteroatoms. The van der Waals surface area contributed by atoms with Gasteiger partial charge in [-0.3, -0.25) is 0 Å². The first kappa shape index (κ1) is 23.5. The van der Waals surface area contributed by atoms with Crippen LogP contribution in [0, 0.1) is 11.8 Å². The van der Waals surface area contributed by atoms with Crippen LogP contribution in [0.3, 0.4) is 0 Å². The second-order valence-electron chi connectivity index (χ2n) is 7.81. The molecule has 2 atom stereocenters. The maximum atomic E-state index is 2.51. The van der Waals surface area contributed by atoms with Crippen molar-refractivity contribution in [1.82, 2.24) is 0 Å². The third-order valence-corrected chi connectivity index (χ3v) is 5.40. The Morgan fingerprint density at radius 2 is 1.42 bits per heavy atom. The van der Waals surface area contributed by atoms with E-state index in [2.05, 4.69) is 52.8 Å². The van der Waals surface area contributed by atoms with Crippen molar-refractivity contribution in [1.29, 1.82) is 0 Å². The Bertz CT molecular complexity index is 310. The van der Waals surface area contributed by atoms with Crippen LogP contribution >= 0.6 is 0 Å². The molecule has 0 heterocycles. The van der Waals surface area contributed by atoms with Gasteiger partial charge in [0.15, 0.2) is 0 Å². The van der Waals surface area contributed by atoms with E-state index in [1.54, 1.807) is 5.57 Å². The lowest BCUT2D eigenvalue weighted by Crippen LogP contribution is -1.98. The van der Waals surface area contributed by atoms with Gasteiger partial charge >= 0.3 is 0 Å². The minimum absolute atomic E-state index is 0.729. The minimum atomic E-state index is 0.729. The topological polar surface area (TPSA) is 0 Å². The van der Waals surface area contributed by atoms with Crippen LogP contribution in [0.5, 0.6) is 0 Å². The molecule has 0 radical (unpaired) electrons. The van der Waals surface area contributed by atoms with Crippen LogP contribution in [0.2, 0.25) is 0 Å². The number of hydrogen-bond donors (Lipinski definition) is 0. The molecule has 0 amide bonds. The predicted molar refractivity (Wildman–Crippen MR) is 113 cm³/mol. The zero-order valence-corrected chi connectivity index (χ0v) is 17.6. The maximum absolute atomic E-state index is 2.51. The highest BCUT2D eigenvalue weighted by molar-refractivity contribution is 5.20. The van der Waals surface area contributed by atoms with Gasteiger partial charge in [0.25, 0.3) is 0 Å². The van der Waals surface area contributed by atoms with E-state index in [-0.39, 0.29) is 0 Å². The third-order valence-electron chi connectivity index (χ3n) is 5.40. The molecule has 0 fully saturated rings. The molecular weight excluding hydrogens is 288 g/mol. The number of unbranched alkanes of at least 4 members (excludes halogenated alkanes) is 8. The Kier molecular flexibility index (Phi) is 16.9. The van der Waals surface area contributed by atoms with E-state index in [4.69, 9.17) is 0 Å². The number of allylic oxidation sites excluding steroid dienone is 4. The Morgan fingerprint density at radius 1 is 0.792 bits per heavy atom. The molecule has 142 valence electrons. The molecule has 0 saturated heterocycles. The second-order valence-corrected chi connectivity index (χ2v) is 7.81. The van der Waals surface area contributed by atoms with Crippen molar-refractivity contribution in [2.75, 3.05) is 0 Å². The summed E-state index contributed by atoms with van der Waals surface area (Å²) >= 11 is 0. The van der Waals surface area contributed by atoms with E-state index < -0.39 is 0 Å². The van der Waals surface area contributed by atoms with E-state index in [1.165, 1.54) is 83.5 Å². The van der Waals surface area contributed by atoms with Crippen LogP contribution in [0.15, 0.2) is 23.8 Å². The molecule has 0 aliphatic carbocycles. The lowest BCUT2D eigenvalue weighted by molar-refractivity contribution is 0.466. The van der Waals surface area contributed by atoms with E-state index in [0.29, 0.717) is 0 Å². The molecule has 0 spiro atoms. The normalized spacial score (nSPS) is 15.1. The number of rotatable bonds is 16. The molecule has 0 N–H and O–H groups in total. The smallest absolute Gasteiger partial charge is 0.0194 e. The van der Waals surface area contributed by atoms with Crippen LogP contribution in [0.1, 0.15) is 118 Å². The average Bonchev–Trinajstić information content (AvgIpc) is 2.59. The van der Waals surface area contributed by atoms with E-state index in [1.807, 2.05) is 0 Å². The van der Waals surface area contributed by atoms with Crippen LogP contribution in [-0.2, 0) is 0 Å². The Hall–Kier alpha value is -0.520. The van der Waals surface area contributed by atoms with Gasteiger partial charge in [-0.15, -0.1) is 0 Å². The van der Waals surface area contributed by atoms with Crippen molar-refractivity contribution in [2.45, 2.75) is 118 Å². The molecule has 0 aromatic rings. The lowest BCUT2D eigenvalue weighted by Gasteiger charge is -2.13. The third kappa shape index (κ3) is 13.9. The summed E-state index contributed by atoms with van der Waals surface area (Å²) in [5.41, 5.74) is 1.57. The van der Waals surface area contributed by atoms with E-state index in [0.717, 1.165) is 11.8 Å². The monoisotopic (exact) mass is 334 g/mol. The summed E-state index contributed by atoms with van der Waals surface area (Å²) in [6, 6.07) is 0. The average molecular weight is 335 g/mol. The van der Waals surface area contributed by atoms with Crippen LogP contribution in [0.25, 0.3) is 0 Å². The van der Waals surface area contributed by atoms with Crippen LogP contribution in [-0.4, -0.2) is 0 Å². The maximum Gasteiger partial charge on any atom is -0.0194 e. The molecule has 0 rings (SSSR count). The zero-order chi connectivity index (χ0) is 18.0. The van der Waals surface area contributed by atoms with Crippen LogP contribution in [0.4, 0.5) is 0 Å². The van der Waals surface area contributed by atoms with Crippen molar-refractivity contribution >= 4 is 0 Å². The fourth-order valence-corrected chi connectivity index (χ4v) is 3.31. The Labute approximate surface area is 154 Å². The van der Waals surface area contributed by atoms with Gasteiger partial charge in [-0.25, -0.2) is 0 Å². The van der Waals surface area contributed by atoms with Crippen molar-refractivity contribution in [3.05, 3.63) is 23.8 Å². The van der Waals surface area contributed by atoms with Gasteiger partial charge in [-0.2, -0.15) is 0 Å². The van der Waals surface area contributed by atoms with Crippen molar-refractivity contribution < 1.29 is 0 Å². The molecule has 0 aromatic heterocycles. The minimum Gasteiger partial charge on any atom is -0.0874 e. The van der Waals surface area contributed by atoms with Gasteiger partial charge < -0.3 is 0 Å². The fraction of sp³-hybridized carbons (Fsp3) is 0.833. The quantitative estimate of drug-likeness (QED) is 0.195. The molecule has 0 bridgehead atoms. The summed E-state index contributed by atoms with van der Waals surface area (Å²) in [4.78, 5) is 0. The first-order valence-electron chi connectivity index (χ1n) is 11.0. The molecule has 24 heavy (non-hydrogen) atoms. The van der Waals surface area contributed by atoms with Gasteiger partial charge in [0.05, 0.1) is 0 Å². The van der Waals surface area contributed by atoms with Crippen molar-refractivity contribution in [2.24, 2.45) is 11.8 Å². The zero-order valence-electron chi connectivity index (χ0n) is 17.6. The van der Waals surface area contributed by atoms with Gasteiger partial charge in [0.2, 0.25) is 0 Å². The van der Waals surface area contributed by atoms with Gasteiger partial charge in [-0.05, 0) is 43.6 Å². The summed E-state index contributed by atoms with van der Waals surface area (Å²) in [5, 5.41) is 0. The van der Waals surface area contributed by atoms with Gasteiger partial charge in [0, 0.05) is 0 Å². The summed E-state index contributed by atoms with van der Waals surface area (Å²) in [7, 11) is 0. The molecule has 2 unspecified atom stereocenters. The van der Waals surface area contributed by atoms with Gasteiger partial charge in [-0.1, -0.05) is 110 Å². The standard InChI is InChI=1S/C24H46/c1-6-9-10-12-17-21-24(18-7-2)23(5)20-16-14-11-13-15-19-22(4)8-3/h7,18,21-23H,6,8-17,19-20H2,1-5H3. The first-order valence-corrected chi connectivity index (χ1v) is 11.0. The molecule has 0 aromatic carbocycles. The highest BCUT2D eigenvalue weighted by atomic mass is 14.1. The summed E-state index contributed by atoms with van der Waals surface area (Å²) in [6.45, 7) is 11.5. The first-order chi connectivity index (χ1) is 11.7. The largest absolute Gasteiger partial charge is 0.0874 e. The highest BCUT2D eigenvalue weighted by Gasteiger charge is 2.06. The lowest BCUT2D eigenvalue weighted by atomic mass is 9.92.